The molecule has 138 heavy (non-hydrogen) atoms. The fourth-order valence-corrected chi connectivity index (χ4v) is 12.8. The van der Waals surface area contributed by atoms with Crippen molar-refractivity contribution in [2.45, 2.75) is 302 Å². The number of nitrogens with zero attached hydrogens (tertiary/aromatic N) is 6. The number of benzene rings is 4. The predicted octanol–water partition coefficient (Wildman–Crippen LogP) is 18.0. The maximum absolute atomic E-state index is 12.5. The number of likely N-dealkylation sites (tertiary alicyclic amines) is 3. The van der Waals surface area contributed by atoms with Crippen molar-refractivity contribution in [2.24, 2.45) is 27.6 Å². The zero-order valence-electron chi connectivity index (χ0n) is 87.0. The lowest BCUT2D eigenvalue weighted by Crippen LogP contribution is -2.58. The number of carboxylic acids is 1. The molecule has 33 nitrogen and oxygen atoms in total. The van der Waals surface area contributed by atoms with Crippen LogP contribution in [0.15, 0.2) is 97.1 Å². The quantitative estimate of drug-likeness (QED) is 0.0219. The number of carbonyl (C=O) groups is 12. The van der Waals surface area contributed by atoms with Gasteiger partial charge in [-0.05, 0) is 269 Å². The first-order chi connectivity index (χ1) is 63.9. The van der Waals surface area contributed by atoms with Gasteiger partial charge in [0, 0.05) is 102 Å². The van der Waals surface area contributed by atoms with Crippen molar-refractivity contribution >= 4 is 103 Å². The molecule has 4 aromatic carbocycles. The highest BCUT2D eigenvalue weighted by Gasteiger charge is 2.46. The number of esters is 6. The number of aliphatic hydroxyl groups excluding tert-OH is 1. The maximum atomic E-state index is 12.5. The van der Waals surface area contributed by atoms with E-state index in [1.165, 1.54) is 19.4 Å². The maximum Gasteiger partial charge on any atom is 0.408 e. The summed E-state index contributed by atoms with van der Waals surface area (Å²) < 4.78 is 56.1. The number of methoxy groups -OCH3 is 4. The Bertz CT molecular complexity index is 4520. The largest absolute Gasteiger partial charge is 0.497 e. The molecule has 0 spiro atoms. The van der Waals surface area contributed by atoms with Crippen LogP contribution in [-0.2, 0) is 111 Å². The molecular formula is C103H156Br2N8O25. The van der Waals surface area contributed by atoms with Crippen molar-refractivity contribution < 1.29 is 120 Å². The predicted molar refractivity (Wildman–Crippen MR) is 533 cm³/mol. The summed E-state index contributed by atoms with van der Waals surface area (Å²) in [6, 6.07) is 34.4. The van der Waals surface area contributed by atoms with Gasteiger partial charge in [0.2, 0.25) is 30.2 Å². The molecule has 4 aliphatic rings. The van der Waals surface area contributed by atoms with Crippen molar-refractivity contribution in [2.75, 3.05) is 86.3 Å². The van der Waals surface area contributed by atoms with Crippen LogP contribution in [0.2, 0.25) is 0 Å². The molecule has 6 unspecified atom stereocenters. The minimum absolute atomic E-state index is 0.0102. The first-order valence-electron chi connectivity index (χ1n) is 45.9. The molecule has 0 aliphatic carbocycles. The van der Waals surface area contributed by atoms with Gasteiger partial charge in [0.25, 0.3) is 0 Å². The second-order valence-corrected chi connectivity index (χ2v) is 40.3. The van der Waals surface area contributed by atoms with Gasteiger partial charge in [0.05, 0.1) is 82.0 Å². The number of nitrogens with one attached hydrogen (secondary N) is 2. The van der Waals surface area contributed by atoms with Gasteiger partial charge in [-0.3, -0.25) is 52.7 Å². The molecule has 35 heteroatoms. The summed E-state index contributed by atoms with van der Waals surface area (Å²) in [5, 5.41) is 41.5. The van der Waals surface area contributed by atoms with Crippen LogP contribution in [0.3, 0.4) is 0 Å². The molecule has 772 valence electrons. The number of aliphatic hydroxyl groups is 1. The van der Waals surface area contributed by atoms with Gasteiger partial charge < -0.3 is 92.5 Å². The number of amides is 5. The van der Waals surface area contributed by atoms with E-state index in [1.54, 1.807) is 112 Å². The van der Waals surface area contributed by atoms with Crippen LogP contribution in [0.5, 0.6) is 23.0 Å². The number of hydrogen-bond acceptors (Lipinski definition) is 26. The second-order valence-electron chi connectivity index (χ2n) is 38.9. The van der Waals surface area contributed by atoms with Gasteiger partial charge in [-0.25, -0.2) is 11.4 Å². The van der Waals surface area contributed by atoms with E-state index in [-0.39, 0.29) is 74.1 Å². The summed E-state index contributed by atoms with van der Waals surface area (Å²) in [5.74, 6) is -0.169. The van der Waals surface area contributed by atoms with E-state index in [4.69, 9.17) is 69.6 Å². The van der Waals surface area contributed by atoms with Gasteiger partial charge in [0.15, 0.2) is 5.41 Å². The Hall–Kier alpha value is -11.1. The number of alkyl halides is 2. The summed E-state index contributed by atoms with van der Waals surface area (Å²) in [6.45, 7) is 55.1. The summed E-state index contributed by atoms with van der Waals surface area (Å²) in [7, 11) is 6.51. The Morgan fingerprint density at radius 2 is 0.833 bits per heavy atom. The molecule has 4 saturated heterocycles. The third kappa shape index (κ3) is 54.9. The minimum Gasteiger partial charge on any atom is -0.497 e. The molecule has 4 fully saturated rings. The van der Waals surface area contributed by atoms with Gasteiger partial charge in [-0.15, -0.1) is 0 Å². The number of carbonyl (C=O) groups excluding carboxylic acids is 11. The van der Waals surface area contributed by atoms with E-state index < -0.39 is 91.1 Å². The van der Waals surface area contributed by atoms with Gasteiger partial charge in [0.1, 0.15) is 56.9 Å². The Kier molecular flexibility index (Phi) is 58.7. The smallest absolute Gasteiger partial charge is 0.408 e. The van der Waals surface area contributed by atoms with E-state index >= 15 is 0 Å². The monoisotopic (exact) mass is 2060 g/mol. The number of alkyl carbamates (subject to hydrolysis) is 1. The first-order valence-corrected chi connectivity index (χ1v) is 48.1. The zero-order chi connectivity index (χ0) is 106. The van der Waals surface area contributed by atoms with Crippen molar-refractivity contribution in [3.05, 3.63) is 131 Å². The van der Waals surface area contributed by atoms with Crippen LogP contribution in [0.25, 0.3) is 4.85 Å². The lowest BCUT2D eigenvalue weighted by Gasteiger charge is -2.41. The molecular weight excluding hydrogens is 1910 g/mol. The van der Waals surface area contributed by atoms with Crippen LogP contribution in [-0.4, -0.2) is 216 Å². The summed E-state index contributed by atoms with van der Waals surface area (Å²) in [5.41, 5.74) is -2.32. The summed E-state index contributed by atoms with van der Waals surface area (Å²) in [6.07, 6.45) is 3.69. The van der Waals surface area contributed by atoms with Gasteiger partial charge in [-0.1, -0.05) is 80.4 Å². The number of ether oxygens (including phenoxy) is 11. The highest BCUT2D eigenvalue weighted by molar-refractivity contribution is 9.09. The van der Waals surface area contributed by atoms with Crippen LogP contribution in [0.1, 0.15) is 266 Å². The number of carboxylic acid groups (broad SMARTS) is 1. The molecule has 4 N–H and O–H groups in total. The average molecular weight is 2070 g/mol. The first kappa shape index (κ1) is 129. The molecule has 6 atom stereocenters. The van der Waals surface area contributed by atoms with Gasteiger partial charge >= 0.3 is 47.9 Å². The third-order valence-corrected chi connectivity index (χ3v) is 20.9. The highest BCUT2D eigenvalue weighted by atomic mass is 79.9. The molecule has 5 amide bonds. The number of halogens is 2. The van der Waals surface area contributed by atoms with E-state index in [1.807, 2.05) is 199 Å². The third-order valence-electron chi connectivity index (χ3n) is 19.9. The van der Waals surface area contributed by atoms with Crippen molar-refractivity contribution in [1.82, 2.24) is 25.3 Å². The lowest BCUT2D eigenvalue weighted by atomic mass is 9.81. The molecule has 0 saturated carbocycles. The molecule has 0 aromatic heterocycles. The highest BCUT2D eigenvalue weighted by Crippen LogP contribution is 2.37. The number of piperidine rings is 4. The normalized spacial score (nSPS) is 18.2. The van der Waals surface area contributed by atoms with Crippen molar-refractivity contribution in [3.63, 3.8) is 0 Å². The Labute approximate surface area is 836 Å². The van der Waals surface area contributed by atoms with E-state index in [2.05, 4.69) is 52.1 Å². The van der Waals surface area contributed by atoms with Crippen molar-refractivity contribution in [1.29, 1.82) is 10.5 Å². The molecule has 4 aromatic rings. The van der Waals surface area contributed by atoms with Crippen LogP contribution >= 0.6 is 31.9 Å². The second kappa shape index (κ2) is 62.8. The molecule has 0 radical (unpaired) electrons. The van der Waals surface area contributed by atoms with Crippen LogP contribution in [0, 0.1) is 56.8 Å². The summed E-state index contributed by atoms with van der Waals surface area (Å²) in [4.78, 5) is 148. The van der Waals surface area contributed by atoms with E-state index in [9.17, 15) is 62.6 Å². The SMILES string of the molecule is CC(C#N)C(=O)OC(C)(C)C.CC(C)(C)OC(=O)C1(C)CCC(=O)NC1.CCO.CCOC(=O)CCBr.CCOC(=O)CCC(C)(C#N)C(=O)OC(C)(C)C.COc1ccc(CBr)cc1.COc1ccc(CN2CC(C)(C(=O)O)CCC2=O)cc1.COc1ccc(CN2CC(C)(C(=O)OC(C)(C)C)CCC2=O)cc1.COc1ccc(CN2CC(C)(NC(=O)OC(C)(C)C)CCC2=O)cc1.[C-]#[N+]CC. The Morgan fingerprint density at radius 1 is 0.500 bits per heavy atom. The van der Waals surface area contributed by atoms with Crippen LogP contribution < -0.4 is 29.6 Å². The topological polar surface area (TPSA) is 433 Å². The van der Waals surface area contributed by atoms with E-state index in [0.717, 1.165) is 45.0 Å². The zero-order valence-corrected chi connectivity index (χ0v) is 90.2. The number of rotatable bonds is 24. The Balaban J connectivity index is 0. The lowest BCUT2D eigenvalue weighted by molar-refractivity contribution is -0.172. The van der Waals surface area contributed by atoms with E-state index in [0.29, 0.717) is 116 Å². The molecule has 4 heterocycles. The molecule has 4 aliphatic heterocycles. The standard InChI is InChI=1S/C19H28N2O4.C19H27NO4.C15H19NO4.C13H21NO4.C11H19NO3.C8H9BrO.C8H13NO2.C5H9BrO2.C3H5N.C2H6O/c1-18(2,3)25-17(23)20-19(4)11-10-16(22)21(13-19)12-14-6-8-15(24-5)9-7-14;1-18(2,3)24-17(22)19(4)11-10-16(21)20(13-19)12-14-6-8-15(23-5)9-7-14;1-15(14(18)19)8-7-13(17)16(10-15)9-11-3-5-12(20-2)6-4-11;1-6-17-10(15)7-8-13(5,9-14)11(16)18-12(2,3)4;1-10(2,3)15-9(14)11(4)6-5-8(13)12-7-11;1-10-8-4-2-7(6-9)3-5-8;1-6(5-9)7(10)11-8(2,3)4;1-2-8-5(7)3-4-6;1-3-4-2;1-2-3/h6-9H,10-13H2,1-5H3,(H,20,23);6-9H,10-13H2,1-5H3;3-6H,7-10H2,1-2H3,(H,18,19);6-8H2,1-5H3;5-7H2,1-4H3,(H,12,13);2-5H,6H2,1H3;6H,1-4H3;2-4H2,1H3;3H2,1H3;3H,2H2,1H3. The fraction of sp³-hybridized carbons (Fsp3) is 0.621. The number of nitriles is 2. The molecule has 0 bridgehead atoms. The summed E-state index contributed by atoms with van der Waals surface area (Å²) >= 11 is 6.48. The Morgan fingerprint density at radius 3 is 1.14 bits per heavy atom. The average Bonchev–Trinajstić information content (AvgIpc) is 0.785. The van der Waals surface area contributed by atoms with Crippen molar-refractivity contribution in [3.8, 4) is 35.1 Å². The fourth-order valence-electron chi connectivity index (χ4n) is 12.2. The van der Waals surface area contributed by atoms with Crippen LogP contribution in [0.4, 0.5) is 4.79 Å². The number of hydrogen-bond donors (Lipinski definition) is 4. The number of aliphatic carboxylic acids is 1. The minimum atomic E-state index is -1.32. The molecule has 8 rings (SSSR count). The van der Waals surface area contributed by atoms with Gasteiger partial charge in [-0.2, -0.15) is 10.5 Å².